The SMILES string of the molecule is Cc1cc(C)c2oc(C)c(-c3c(O)c(C)nn(C)c3=O)c2c1. The Morgan fingerprint density at radius 3 is 2.50 bits per heavy atom. The summed E-state index contributed by atoms with van der Waals surface area (Å²) in [5, 5.41) is 15.2. The molecule has 0 amide bonds. The molecule has 5 nitrogen and oxygen atoms in total. The lowest BCUT2D eigenvalue weighted by atomic mass is 9.99. The van der Waals surface area contributed by atoms with Gasteiger partial charge in [0, 0.05) is 18.0 Å². The number of hydrogen-bond donors (Lipinski definition) is 1. The van der Waals surface area contributed by atoms with E-state index in [9.17, 15) is 9.90 Å². The normalized spacial score (nSPS) is 11.3. The van der Waals surface area contributed by atoms with Crippen LogP contribution in [0.5, 0.6) is 5.75 Å². The van der Waals surface area contributed by atoms with Gasteiger partial charge in [0.25, 0.3) is 5.56 Å². The first-order valence-electron chi connectivity index (χ1n) is 7.09. The fourth-order valence-corrected chi connectivity index (χ4v) is 2.97. The Morgan fingerprint density at radius 1 is 1.14 bits per heavy atom. The molecule has 0 spiro atoms. The van der Waals surface area contributed by atoms with Crippen molar-refractivity contribution < 1.29 is 9.52 Å². The van der Waals surface area contributed by atoms with Crippen LogP contribution in [0.2, 0.25) is 0 Å². The van der Waals surface area contributed by atoms with Crippen LogP contribution in [0.4, 0.5) is 0 Å². The van der Waals surface area contributed by atoms with Crippen molar-refractivity contribution in [3.8, 4) is 16.9 Å². The summed E-state index contributed by atoms with van der Waals surface area (Å²) >= 11 is 0. The smallest absolute Gasteiger partial charge is 0.278 e. The maximum absolute atomic E-state index is 12.5. The van der Waals surface area contributed by atoms with Crippen molar-refractivity contribution in [3.63, 3.8) is 0 Å². The first kappa shape index (κ1) is 14.4. The number of nitrogens with zero attached hydrogens (tertiary/aromatic N) is 2. The average Bonchev–Trinajstić information content (AvgIpc) is 2.75. The van der Waals surface area contributed by atoms with Crippen molar-refractivity contribution in [2.24, 2.45) is 7.05 Å². The minimum absolute atomic E-state index is 0.0898. The molecule has 0 aliphatic carbocycles. The Morgan fingerprint density at radius 2 is 1.82 bits per heavy atom. The maximum Gasteiger partial charge on any atom is 0.278 e. The average molecular weight is 298 g/mol. The highest BCUT2D eigenvalue weighted by Gasteiger charge is 2.23. The van der Waals surface area contributed by atoms with Crippen molar-refractivity contribution in [2.45, 2.75) is 27.7 Å². The number of aryl methyl sites for hydroxylation is 5. The molecule has 0 saturated heterocycles. The van der Waals surface area contributed by atoms with Gasteiger partial charge in [-0.15, -0.1) is 0 Å². The van der Waals surface area contributed by atoms with E-state index in [1.807, 2.05) is 26.0 Å². The van der Waals surface area contributed by atoms with Crippen LogP contribution in [-0.2, 0) is 7.05 Å². The zero-order chi connectivity index (χ0) is 16.2. The van der Waals surface area contributed by atoms with Crippen molar-refractivity contribution in [1.29, 1.82) is 0 Å². The fourth-order valence-electron chi connectivity index (χ4n) is 2.97. The third kappa shape index (κ3) is 1.93. The van der Waals surface area contributed by atoms with E-state index in [1.165, 1.54) is 4.68 Å². The second-order valence-electron chi connectivity index (χ2n) is 5.73. The molecular formula is C17H18N2O3. The van der Waals surface area contributed by atoms with E-state index in [2.05, 4.69) is 5.10 Å². The molecular weight excluding hydrogens is 280 g/mol. The summed E-state index contributed by atoms with van der Waals surface area (Å²) in [6, 6.07) is 4.01. The Hall–Kier alpha value is -2.56. The highest BCUT2D eigenvalue weighted by atomic mass is 16.3. The van der Waals surface area contributed by atoms with Gasteiger partial charge in [0.15, 0.2) is 5.75 Å². The van der Waals surface area contributed by atoms with Crippen LogP contribution in [0.15, 0.2) is 21.3 Å². The standard InChI is InChI=1S/C17H18N2O3/c1-8-6-9(2)16-12(7-8)13(11(4)22-16)14-15(20)10(3)18-19(5)17(14)21/h6-7,20H,1-5H3. The highest BCUT2D eigenvalue weighted by Crippen LogP contribution is 2.39. The third-order valence-electron chi connectivity index (χ3n) is 3.93. The van der Waals surface area contributed by atoms with E-state index in [0.29, 0.717) is 17.0 Å². The van der Waals surface area contributed by atoms with Gasteiger partial charge in [-0.25, -0.2) is 4.68 Å². The van der Waals surface area contributed by atoms with Gasteiger partial charge in [0.2, 0.25) is 0 Å². The van der Waals surface area contributed by atoms with E-state index >= 15 is 0 Å². The number of furan rings is 1. The molecule has 0 saturated carbocycles. The van der Waals surface area contributed by atoms with Gasteiger partial charge < -0.3 is 9.52 Å². The van der Waals surface area contributed by atoms with Crippen molar-refractivity contribution in [3.05, 3.63) is 45.1 Å². The van der Waals surface area contributed by atoms with Gasteiger partial charge in [-0.1, -0.05) is 6.07 Å². The van der Waals surface area contributed by atoms with E-state index in [4.69, 9.17) is 4.42 Å². The summed E-state index contributed by atoms with van der Waals surface area (Å²) in [5.74, 6) is 0.523. The Labute approximate surface area is 127 Å². The largest absolute Gasteiger partial charge is 0.505 e. The molecule has 3 aromatic rings. The van der Waals surface area contributed by atoms with Gasteiger partial charge in [-0.05, 0) is 44.9 Å². The lowest BCUT2D eigenvalue weighted by Gasteiger charge is -2.08. The zero-order valence-corrected chi connectivity index (χ0v) is 13.3. The van der Waals surface area contributed by atoms with E-state index in [-0.39, 0.29) is 16.9 Å². The number of rotatable bonds is 1. The summed E-state index contributed by atoms with van der Waals surface area (Å²) in [6.45, 7) is 7.44. The summed E-state index contributed by atoms with van der Waals surface area (Å²) in [6.07, 6.45) is 0. The first-order valence-corrected chi connectivity index (χ1v) is 7.09. The molecule has 5 heteroatoms. The molecule has 0 bridgehead atoms. The molecule has 3 rings (SSSR count). The van der Waals surface area contributed by atoms with E-state index in [0.717, 1.165) is 22.1 Å². The minimum Gasteiger partial charge on any atom is -0.505 e. The summed E-state index contributed by atoms with van der Waals surface area (Å²) in [7, 11) is 1.58. The quantitative estimate of drug-likeness (QED) is 0.749. The summed E-state index contributed by atoms with van der Waals surface area (Å²) < 4.78 is 7.09. The molecule has 114 valence electrons. The van der Waals surface area contributed by atoms with Crippen LogP contribution in [0.25, 0.3) is 22.1 Å². The number of fused-ring (bicyclic) bond motifs is 1. The van der Waals surface area contributed by atoms with Gasteiger partial charge in [0.1, 0.15) is 17.0 Å². The molecule has 22 heavy (non-hydrogen) atoms. The molecule has 0 atom stereocenters. The van der Waals surface area contributed by atoms with Gasteiger partial charge >= 0.3 is 0 Å². The predicted octanol–water partition coefficient (Wildman–Crippen LogP) is 3.13. The number of hydrogen-bond acceptors (Lipinski definition) is 4. The minimum atomic E-state index is -0.340. The Balaban J connectivity index is 2.52. The molecule has 0 radical (unpaired) electrons. The molecule has 0 aliphatic rings. The monoisotopic (exact) mass is 298 g/mol. The van der Waals surface area contributed by atoms with Gasteiger partial charge in [0.05, 0.1) is 5.56 Å². The second kappa shape index (κ2) is 4.73. The van der Waals surface area contributed by atoms with Crippen LogP contribution >= 0.6 is 0 Å². The van der Waals surface area contributed by atoms with Crippen LogP contribution in [-0.4, -0.2) is 14.9 Å². The Bertz CT molecular complexity index is 964. The molecule has 1 N–H and O–H groups in total. The number of aromatic hydroxyl groups is 1. The van der Waals surface area contributed by atoms with Crippen molar-refractivity contribution >= 4 is 11.0 Å². The van der Waals surface area contributed by atoms with Crippen molar-refractivity contribution in [1.82, 2.24) is 9.78 Å². The lowest BCUT2D eigenvalue weighted by molar-refractivity contribution is 0.460. The fraction of sp³-hybridized carbons (Fsp3) is 0.294. The zero-order valence-electron chi connectivity index (χ0n) is 13.3. The van der Waals surface area contributed by atoms with E-state index in [1.54, 1.807) is 20.9 Å². The molecule has 0 unspecified atom stereocenters. The molecule has 2 aromatic heterocycles. The maximum atomic E-state index is 12.5. The topological polar surface area (TPSA) is 68.3 Å². The number of aromatic nitrogens is 2. The van der Waals surface area contributed by atoms with Gasteiger partial charge in [-0.2, -0.15) is 5.10 Å². The van der Waals surface area contributed by atoms with Crippen LogP contribution in [0.3, 0.4) is 0 Å². The first-order chi connectivity index (χ1) is 10.3. The predicted molar refractivity (Wildman–Crippen MR) is 85.3 cm³/mol. The molecule has 1 aromatic carbocycles. The third-order valence-corrected chi connectivity index (χ3v) is 3.93. The second-order valence-corrected chi connectivity index (χ2v) is 5.73. The number of benzene rings is 1. The highest BCUT2D eigenvalue weighted by molar-refractivity contribution is 5.98. The van der Waals surface area contributed by atoms with Crippen LogP contribution < -0.4 is 5.56 Å². The molecule has 2 heterocycles. The lowest BCUT2D eigenvalue weighted by Crippen LogP contribution is -2.22. The van der Waals surface area contributed by atoms with Crippen molar-refractivity contribution in [2.75, 3.05) is 0 Å². The Kier molecular flexibility index (Phi) is 3.09. The molecule has 0 fully saturated rings. The van der Waals surface area contributed by atoms with E-state index < -0.39 is 0 Å². The van der Waals surface area contributed by atoms with Gasteiger partial charge in [-0.3, -0.25) is 4.79 Å². The molecule has 0 aliphatic heterocycles. The van der Waals surface area contributed by atoms with Crippen LogP contribution in [0, 0.1) is 27.7 Å². The summed E-state index contributed by atoms with van der Waals surface area (Å²) in [5.41, 5.74) is 3.79. The van der Waals surface area contributed by atoms with Crippen LogP contribution in [0.1, 0.15) is 22.6 Å². The summed E-state index contributed by atoms with van der Waals surface area (Å²) in [4.78, 5) is 12.5.